The van der Waals surface area contributed by atoms with E-state index in [0.717, 1.165) is 22.1 Å². The summed E-state index contributed by atoms with van der Waals surface area (Å²) in [6.07, 6.45) is -5.08. The van der Waals surface area contributed by atoms with Crippen molar-refractivity contribution >= 4 is 34.8 Å². The molecule has 43 heavy (non-hydrogen) atoms. The number of nitrogens with two attached hydrogens (primary N) is 1. The zero-order valence-electron chi connectivity index (χ0n) is 21.9. The first kappa shape index (κ1) is 32.1. The number of carboxylic acids is 2. The SMILES string of the molecule is COc1cc(F)c(C(Nc2ccc(C(=N)N)cc2)c2nn(-c3ncsc3C(=O)O)c(=O)[nH]2)cc1OC.O=C(O)C(F)(F)F. The van der Waals surface area contributed by atoms with Gasteiger partial charge in [0, 0.05) is 22.9 Å². The van der Waals surface area contributed by atoms with Crippen LogP contribution in [0.1, 0.15) is 32.7 Å². The summed E-state index contributed by atoms with van der Waals surface area (Å²) >= 11 is 0.835. The molecule has 2 heterocycles. The lowest BCUT2D eigenvalue weighted by Crippen LogP contribution is -2.21. The molecule has 1 unspecified atom stereocenters. The number of nitrogens with zero attached hydrogens (tertiary/aromatic N) is 3. The molecule has 0 saturated carbocycles. The summed E-state index contributed by atoms with van der Waals surface area (Å²) in [5.74, 6) is -4.62. The molecular formula is C24H21F4N7O7S. The van der Waals surface area contributed by atoms with Crippen LogP contribution in [-0.4, -0.2) is 68.1 Å². The number of nitrogens with one attached hydrogen (secondary N) is 3. The summed E-state index contributed by atoms with van der Waals surface area (Å²) in [5, 5.41) is 31.4. The average Bonchev–Trinajstić information content (AvgIpc) is 3.58. The second kappa shape index (κ2) is 13.0. The van der Waals surface area contributed by atoms with Crippen molar-refractivity contribution in [3.8, 4) is 17.3 Å². The van der Waals surface area contributed by atoms with E-state index in [1.165, 1.54) is 25.8 Å². The first-order valence-electron chi connectivity index (χ1n) is 11.5. The van der Waals surface area contributed by atoms with Crippen molar-refractivity contribution in [2.75, 3.05) is 19.5 Å². The summed E-state index contributed by atoms with van der Waals surface area (Å²) in [6, 6.07) is 7.93. The van der Waals surface area contributed by atoms with Crippen LogP contribution in [0.25, 0.3) is 5.82 Å². The lowest BCUT2D eigenvalue weighted by atomic mass is 10.0. The molecule has 0 saturated heterocycles. The molecule has 0 aliphatic carbocycles. The van der Waals surface area contributed by atoms with Crippen molar-refractivity contribution in [2.45, 2.75) is 12.2 Å². The fraction of sp³-hybridized carbons (Fsp3) is 0.167. The third-order valence-corrected chi connectivity index (χ3v) is 6.22. The minimum atomic E-state index is -5.08. The third-order valence-electron chi connectivity index (χ3n) is 5.42. The number of methoxy groups -OCH3 is 2. The molecule has 19 heteroatoms. The predicted molar refractivity (Wildman–Crippen MR) is 143 cm³/mol. The zero-order chi connectivity index (χ0) is 32.1. The number of carbonyl (C=O) groups is 2. The molecule has 2 aromatic heterocycles. The maximum Gasteiger partial charge on any atom is 0.490 e. The fourth-order valence-corrected chi connectivity index (χ4v) is 4.05. The van der Waals surface area contributed by atoms with Gasteiger partial charge in [-0.3, -0.25) is 10.4 Å². The highest BCUT2D eigenvalue weighted by Gasteiger charge is 2.38. The van der Waals surface area contributed by atoms with Crippen molar-refractivity contribution in [3.05, 3.63) is 80.0 Å². The van der Waals surface area contributed by atoms with E-state index in [9.17, 15) is 27.9 Å². The maximum atomic E-state index is 15.3. The number of aromatic nitrogens is 4. The average molecular weight is 628 g/mol. The third kappa shape index (κ3) is 7.44. The molecule has 228 valence electrons. The fourth-order valence-electron chi connectivity index (χ4n) is 3.45. The molecule has 0 fully saturated rings. The Kier molecular flexibility index (Phi) is 9.71. The van der Waals surface area contributed by atoms with Crippen molar-refractivity contribution in [2.24, 2.45) is 5.73 Å². The number of aliphatic carboxylic acids is 1. The quantitative estimate of drug-likeness (QED) is 0.0900. The number of nitrogen functional groups attached to an aromatic ring is 1. The van der Waals surface area contributed by atoms with Crippen LogP contribution >= 0.6 is 11.3 Å². The zero-order valence-corrected chi connectivity index (χ0v) is 22.7. The van der Waals surface area contributed by atoms with Gasteiger partial charge in [0.05, 0.1) is 19.7 Å². The highest BCUT2D eigenvalue weighted by Crippen LogP contribution is 2.35. The van der Waals surface area contributed by atoms with E-state index >= 15 is 4.39 Å². The smallest absolute Gasteiger partial charge is 0.490 e. The van der Waals surface area contributed by atoms with E-state index in [2.05, 4.69) is 20.4 Å². The molecule has 0 radical (unpaired) electrons. The van der Waals surface area contributed by atoms with Gasteiger partial charge in [-0.2, -0.15) is 17.9 Å². The van der Waals surface area contributed by atoms with Gasteiger partial charge < -0.3 is 30.7 Å². The van der Waals surface area contributed by atoms with E-state index in [1.54, 1.807) is 24.3 Å². The molecule has 4 aromatic rings. The highest BCUT2D eigenvalue weighted by atomic mass is 32.1. The summed E-state index contributed by atoms with van der Waals surface area (Å²) in [7, 11) is 2.77. The Morgan fingerprint density at radius 2 is 1.72 bits per heavy atom. The summed E-state index contributed by atoms with van der Waals surface area (Å²) in [4.78, 5) is 39.5. The summed E-state index contributed by atoms with van der Waals surface area (Å²) < 4.78 is 58.3. The van der Waals surface area contributed by atoms with Crippen LogP contribution in [0.4, 0.5) is 23.2 Å². The number of hydrogen-bond donors (Lipinski definition) is 6. The number of rotatable bonds is 9. The number of anilines is 1. The van der Waals surface area contributed by atoms with Gasteiger partial charge in [-0.05, 0) is 30.3 Å². The number of benzene rings is 2. The Morgan fingerprint density at radius 3 is 2.23 bits per heavy atom. The van der Waals surface area contributed by atoms with Gasteiger partial charge in [0.2, 0.25) is 0 Å². The molecule has 2 aromatic carbocycles. The Hall–Kier alpha value is -5.46. The number of carboxylic acid groups (broad SMARTS) is 2. The van der Waals surface area contributed by atoms with Gasteiger partial charge in [0.1, 0.15) is 17.7 Å². The first-order chi connectivity index (χ1) is 20.2. The van der Waals surface area contributed by atoms with Crippen molar-refractivity contribution < 1.29 is 46.8 Å². The van der Waals surface area contributed by atoms with Crippen LogP contribution in [0.15, 0.2) is 46.7 Å². The van der Waals surface area contributed by atoms with E-state index in [0.29, 0.717) is 11.3 Å². The minimum absolute atomic E-state index is 0.0221. The van der Waals surface area contributed by atoms with Crippen LogP contribution in [0.3, 0.4) is 0 Å². The number of aromatic amines is 1. The number of hydrogen-bond acceptors (Lipinski definition) is 10. The molecule has 14 nitrogen and oxygen atoms in total. The van der Waals surface area contributed by atoms with Crippen LogP contribution in [0.5, 0.6) is 11.5 Å². The van der Waals surface area contributed by atoms with E-state index < -0.39 is 35.7 Å². The molecule has 4 rings (SSSR count). The van der Waals surface area contributed by atoms with E-state index in [4.69, 9.17) is 30.5 Å². The van der Waals surface area contributed by atoms with Crippen LogP contribution in [0.2, 0.25) is 0 Å². The summed E-state index contributed by atoms with van der Waals surface area (Å²) in [5.41, 5.74) is 7.06. The molecule has 0 spiro atoms. The Balaban J connectivity index is 0.000000646. The number of H-pyrrole nitrogens is 1. The van der Waals surface area contributed by atoms with Gasteiger partial charge in [0.25, 0.3) is 0 Å². The largest absolute Gasteiger partial charge is 0.493 e. The maximum absolute atomic E-state index is 15.3. The monoisotopic (exact) mass is 627 g/mol. The Bertz CT molecular complexity index is 1700. The number of ether oxygens (including phenoxy) is 2. The van der Waals surface area contributed by atoms with Gasteiger partial charge in [0.15, 0.2) is 28.0 Å². The highest BCUT2D eigenvalue weighted by molar-refractivity contribution is 7.12. The van der Waals surface area contributed by atoms with Crippen LogP contribution < -0.4 is 26.2 Å². The molecule has 0 aliphatic heterocycles. The molecule has 1 atom stereocenters. The molecule has 0 aliphatic rings. The second-order valence-electron chi connectivity index (χ2n) is 8.14. The van der Waals surface area contributed by atoms with Gasteiger partial charge >= 0.3 is 23.8 Å². The molecular weight excluding hydrogens is 606 g/mol. The van der Waals surface area contributed by atoms with E-state index in [1.807, 2.05) is 0 Å². The first-order valence-corrected chi connectivity index (χ1v) is 12.3. The number of thiazole rings is 1. The topological polar surface area (TPSA) is 219 Å². The predicted octanol–water partition coefficient (Wildman–Crippen LogP) is 2.99. The molecule has 7 N–H and O–H groups in total. The van der Waals surface area contributed by atoms with Crippen molar-refractivity contribution in [1.29, 1.82) is 5.41 Å². The second-order valence-corrected chi connectivity index (χ2v) is 8.99. The number of alkyl halides is 3. The number of amidine groups is 1. The number of aromatic carboxylic acids is 1. The molecule has 0 bridgehead atoms. The van der Waals surface area contributed by atoms with Crippen molar-refractivity contribution in [1.82, 2.24) is 19.7 Å². The van der Waals surface area contributed by atoms with Gasteiger partial charge in [-0.15, -0.1) is 16.4 Å². The lowest BCUT2D eigenvalue weighted by Gasteiger charge is -2.20. The van der Waals surface area contributed by atoms with Crippen LogP contribution in [0, 0.1) is 11.2 Å². The lowest BCUT2D eigenvalue weighted by molar-refractivity contribution is -0.192. The van der Waals surface area contributed by atoms with Gasteiger partial charge in [-0.1, -0.05) is 0 Å². The standard InChI is InChI=1S/C22H20FN7O5S.C2HF3O2/c1-34-14-7-12(13(23)8-15(14)35-2)16(27-11-5-3-10(4-6-11)18(24)25)19-28-22(33)30(29-19)20-17(21(31)32)36-9-26-20;3-2(4,5)1(6)7/h3-9,16,27H,1-2H3,(H3,24,25)(H,31,32)(H,28,29,33);(H,6,7). The minimum Gasteiger partial charge on any atom is -0.493 e. The Morgan fingerprint density at radius 1 is 1.14 bits per heavy atom. The number of halogens is 4. The normalized spacial score (nSPS) is 11.6. The van der Waals surface area contributed by atoms with Gasteiger partial charge in [-0.25, -0.2) is 23.8 Å². The van der Waals surface area contributed by atoms with E-state index in [-0.39, 0.29) is 39.4 Å². The van der Waals surface area contributed by atoms with Crippen molar-refractivity contribution in [3.63, 3.8) is 0 Å². The Labute approximate surface area is 241 Å². The molecule has 0 amide bonds. The summed E-state index contributed by atoms with van der Waals surface area (Å²) in [6.45, 7) is 0. The van der Waals surface area contributed by atoms with Crippen LogP contribution in [-0.2, 0) is 4.79 Å².